The predicted octanol–water partition coefficient (Wildman–Crippen LogP) is 4.90. The number of carbonyl (C=O) groups is 1. The average Bonchev–Trinajstić information content (AvgIpc) is 3.09. The van der Waals surface area contributed by atoms with Crippen LogP contribution in [0.25, 0.3) is 6.08 Å². The first-order chi connectivity index (χ1) is 14.1. The van der Waals surface area contributed by atoms with Crippen LogP contribution in [-0.4, -0.2) is 23.2 Å². The first-order valence-electron chi connectivity index (χ1n) is 9.57. The maximum atomic E-state index is 12.1. The van der Waals surface area contributed by atoms with Crippen LogP contribution in [-0.2, 0) is 9.63 Å². The maximum Gasteiger partial charge on any atom is 0.368 e. The molecule has 0 bridgehead atoms. The number of oxime groups is 1. The third-order valence-corrected chi connectivity index (χ3v) is 4.48. The van der Waals surface area contributed by atoms with Crippen LogP contribution in [0.2, 0.25) is 0 Å². The van der Waals surface area contributed by atoms with Crippen LogP contribution < -0.4 is 4.74 Å². The Hall–Kier alpha value is -3.48. The second kappa shape index (κ2) is 9.64. The van der Waals surface area contributed by atoms with Gasteiger partial charge < -0.3 is 9.57 Å². The number of benzene rings is 2. The zero-order chi connectivity index (χ0) is 20.6. The monoisotopic (exact) mass is 394 g/mol. The van der Waals surface area contributed by atoms with Crippen molar-refractivity contribution in [2.75, 3.05) is 6.61 Å². The molecule has 0 aliphatic carbocycles. The van der Waals surface area contributed by atoms with E-state index >= 15 is 0 Å². The van der Waals surface area contributed by atoms with Crippen LogP contribution in [0.4, 0.5) is 5.69 Å². The standard InChI is InChI=1S/C22H22N2O5/c1-2-3-4-5-13-28-19-11-9-16(10-12-19)14-20-21(23-29-22(20)25)17-7-6-8-18(15-17)24(26)27/h6-12,14-15H,2-5,13H2,1H3. The molecule has 0 fully saturated rings. The zero-order valence-corrected chi connectivity index (χ0v) is 16.2. The van der Waals surface area contributed by atoms with Crippen molar-refractivity contribution in [2.45, 2.75) is 32.6 Å². The number of carbonyl (C=O) groups excluding carboxylic acids is 1. The Labute approximate surface area is 168 Å². The van der Waals surface area contributed by atoms with Gasteiger partial charge in [-0.3, -0.25) is 10.1 Å². The van der Waals surface area contributed by atoms with Crippen molar-refractivity contribution in [2.24, 2.45) is 5.16 Å². The van der Waals surface area contributed by atoms with E-state index in [1.54, 1.807) is 18.2 Å². The van der Waals surface area contributed by atoms with Crippen LogP contribution in [0.3, 0.4) is 0 Å². The van der Waals surface area contributed by atoms with Crippen molar-refractivity contribution in [3.63, 3.8) is 0 Å². The second-order valence-corrected chi connectivity index (χ2v) is 6.66. The number of nitro groups is 1. The molecule has 0 saturated carbocycles. The molecule has 0 N–H and O–H groups in total. The smallest absolute Gasteiger partial charge is 0.368 e. The molecule has 2 aromatic rings. The van der Waals surface area contributed by atoms with Gasteiger partial charge in [0.2, 0.25) is 0 Å². The van der Waals surface area contributed by atoms with Gasteiger partial charge in [-0.15, -0.1) is 0 Å². The van der Waals surface area contributed by atoms with E-state index in [4.69, 9.17) is 9.57 Å². The molecule has 2 aromatic carbocycles. The number of ether oxygens (including phenoxy) is 1. The summed E-state index contributed by atoms with van der Waals surface area (Å²) in [5, 5.41) is 14.8. The molecule has 0 spiro atoms. The van der Waals surface area contributed by atoms with Crippen LogP contribution in [0.5, 0.6) is 5.75 Å². The molecule has 7 heteroatoms. The van der Waals surface area contributed by atoms with E-state index in [1.165, 1.54) is 25.0 Å². The molecule has 3 rings (SSSR count). The molecule has 29 heavy (non-hydrogen) atoms. The van der Waals surface area contributed by atoms with Crippen LogP contribution in [0.15, 0.2) is 59.3 Å². The lowest BCUT2D eigenvalue weighted by atomic mass is 10.0. The van der Waals surface area contributed by atoms with E-state index in [9.17, 15) is 14.9 Å². The van der Waals surface area contributed by atoms with Crippen molar-refractivity contribution >= 4 is 23.4 Å². The molecule has 0 amide bonds. The summed E-state index contributed by atoms with van der Waals surface area (Å²) in [5.74, 6) is 0.174. The molecule has 0 aromatic heterocycles. The van der Waals surface area contributed by atoms with E-state index < -0.39 is 10.9 Å². The fourth-order valence-electron chi connectivity index (χ4n) is 2.93. The number of nitro benzene ring substituents is 1. The predicted molar refractivity (Wildman–Crippen MR) is 110 cm³/mol. The Morgan fingerprint density at radius 1 is 1.14 bits per heavy atom. The Morgan fingerprint density at radius 3 is 2.66 bits per heavy atom. The van der Waals surface area contributed by atoms with Gasteiger partial charge in [0.05, 0.1) is 17.1 Å². The largest absolute Gasteiger partial charge is 0.494 e. The molecule has 7 nitrogen and oxygen atoms in total. The SMILES string of the molecule is CCCCCCOc1ccc(C=C2C(=O)ON=C2c2cccc([N+](=O)[O-])c2)cc1. The van der Waals surface area contributed by atoms with Gasteiger partial charge in [0.25, 0.3) is 5.69 Å². The number of unbranched alkanes of at least 4 members (excludes halogenated alkanes) is 3. The minimum atomic E-state index is -0.595. The fourth-order valence-corrected chi connectivity index (χ4v) is 2.93. The molecule has 1 aliphatic heterocycles. The van der Waals surface area contributed by atoms with Gasteiger partial charge in [0, 0.05) is 17.7 Å². The number of hydrogen-bond donors (Lipinski definition) is 0. The van der Waals surface area contributed by atoms with Crippen LogP contribution in [0, 0.1) is 10.1 Å². The molecule has 0 saturated heterocycles. The highest BCUT2D eigenvalue weighted by Crippen LogP contribution is 2.24. The quantitative estimate of drug-likeness (QED) is 0.198. The summed E-state index contributed by atoms with van der Waals surface area (Å²) in [5.41, 5.74) is 1.66. The summed E-state index contributed by atoms with van der Waals surface area (Å²) in [4.78, 5) is 27.4. The van der Waals surface area contributed by atoms with Gasteiger partial charge in [-0.25, -0.2) is 4.79 Å². The summed E-state index contributed by atoms with van der Waals surface area (Å²) >= 11 is 0. The summed E-state index contributed by atoms with van der Waals surface area (Å²) < 4.78 is 5.72. The molecule has 150 valence electrons. The van der Waals surface area contributed by atoms with Crippen molar-refractivity contribution in [1.82, 2.24) is 0 Å². The number of nitrogens with zero attached hydrogens (tertiary/aromatic N) is 2. The van der Waals surface area contributed by atoms with E-state index in [-0.39, 0.29) is 17.0 Å². The van der Waals surface area contributed by atoms with Crippen molar-refractivity contribution in [3.8, 4) is 5.75 Å². The van der Waals surface area contributed by atoms with Gasteiger partial charge in [0.1, 0.15) is 11.5 Å². The lowest BCUT2D eigenvalue weighted by Gasteiger charge is -2.06. The molecular formula is C22H22N2O5. The summed E-state index contributed by atoms with van der Waals surface area (Å²) in [6, 6.07) is 13.3. The molecule has 0 atom stereocenters. The lowest BCUT2D eigenvalue weighted by Crippen LogP contribution is -2.07. The van der Waals surface area contributed by atoms with Crippen molar-refractivity contribution < 1.29 is 19.3 Å². The summed E-state index contributed by atoms with van der Waals surface area (Å²) in [6.07, 6.45) is 6.23. The van der Waals surface area contributed by atoms with Gasteiger partial charge in [-0.1, -0.05) is 55.6 Å². The van der Waals surface area contributed by atoms with E-state index in [1.807, 2.05) is 24.3 Å². The Kier molecular flexibility index (Phi) is 6.73. The van der Waals surface area contributed by atoms with Gasteiger partial charge in [-0.2, -0.15) is 0 Å². The Morgan fingerprint density at radius 2 is 1.93 bits per heavy atom. The normalized spacial score (nSPS) is 14.6. The first-order valence-corrected chi connectivity index (χ1v) is 9.57. The topological polar surface area (TPSA) is 91.0 Å². The minimum absolute atomic E-state index is 0.0793. The van der Waals surface area contributed by atoms with Gasteiger partial charge in [0.15, 0.2) is 0 Å². The van der Waals surface area contributed by atoms with Crippen molar-refractivity contribution in [3.05, 3.63) is 75.3 Å². The highest BCUT2D eigenvalue weighted by molar-refractivity contribution is 6.31. The molecule has 0 unspecified atom stereocenters. The van der Waals surface area contributed by atoms with E-state index in [0.717, 1.165) is 24.2 Å². The molecule has 1 aliphatic rings. The number of non-ortho nitro benzene ring substituents is 1. The van der Waals surface area contributed by atoms with Gasteiger partial charge >= 0.3 is 5.97 Å². The summed E-state index contributed by atoms with van der Waals surface area (Å²) in [7, 11) is 0. The lowest BCUT2D eigenvalue weighted by molar-refractivity contribution is -0.384. The Balaban J connectivity index is 1.73. The average molecular weight is 394 g/mol. The minimum Gasteiger partial charge on any atom is -0.494 e. The number of hydrogen-bond acceptors (Lipinski definition) is 6. The van der Waals surface area contributed by atoms with E-state index in [2.05, 4.69) is 12.1 Å². The first kappa shape index (κ1) is 20.3. The number of rotatable bonds is 9. The maximum absolute atomic E-state index is 12.1. The second-order valence-electron chi connectivity index (χ2n) is 6.66. The molecule has 1 heterocycles. The fraction of sp³-hybridized carbons (Fsp3) is 0.273. The van der Waals surface area contributed by atoms with Crippen LogP contribution >= 0.6 is 0 Å². The zero-order valence-electron chi connectivity index (χ0n) is 16.2. The third kappa shape index (κ3) is 5.28. The summed E-state index contributed by atoms with van der Waals surface area (Å²) in [6.45, 7) is 2.85. The molecular weight excluding hydrogens is 372 g/mol. The van der Waals surface area contributed by atoms with Crippen molar-refractivity contribution in [1.29, 1.82) is 0 Å². The molecule has 0 radical (unpaired) electrons. The highest BCUT2D eigenvalue weighted by atomic mass is 16.7. The van der Waals surface area contributed by atoms with E-state index in [0.29, 0.717) is 12.2 Å². The van der Waals surface area contributed by atoms with Gasteiger partial charge in [-0.05, 0) is 30.2 Å². The Bertz CT molecular complexity index is 948. The third-order valence-electron chi connectivity index (χ3n) is 4.48. The van der Waals surface area contributed by atoms with Crippen LogP contribution in [0.1, 0.15) is 43.7 Å². The highest BCUT2D eigenvalue weighted by Gasteiger charge is 2.27.